The van der Waals surface area contributed by atoms with Gasteiger partial charge in [-0.3, -0.25) is 0 Å². The molecule has 0 aliphatic carbocycles. The molecule has 1 aliphatic heterocycles. The summed E-state index contributed by atoms with van der Waals surface area (Å²) in [7, 11) is 1.43. The van der Waals surface area contributed by atoms with Crippen LogP contribution in [0.3, 0.4) is 0 Å². The first-order valence-corrected chi connectivity index (χ1v) is 3.21. The summed E-state index contributed by atoms with van der Waals surface area (Å²) in [5, 5.41) is 18.2. The van der Waals surface area contributed by atoms with Crippen molar-refractivity contribution in [3.8, 4) is 0 Å². The second-order valence-corrected chi connectivity index (χ2v) is 2.43. The summed E-state index contributed by atoms with van der Waals surface area (Å²) in [6.45, 7) is 1.69. The number of rotatable bonds is 1. The molecule has 1 rings (SSSR count). The smallest absolute Gasteiger partial charge is 0.186 e. The van der Waals surface area contributed by atoms with E-state index in [4.69, 9.17) is 19.7 Å². The van der Waals surface area contributed by atoms with Gasteiger partial charge < -0.3 is 19.7 Å². The molecule has 1 heterocycles. The van der Waals surface area contributed by atoms with Crippen molar-refractivity contribution in [3.05, 3.63) is 0 Å². The third-order valence-corrected chi connectivity index (χ3v) is 1.69. The maximum Gasteiger partial charge on any atom is 0.186 e. The Balaban J connectivity index is 2.53. The average molecular weight is 148 g/mol. The number of methoxy groups -OCH3 is 1. The second-order valence-electron chi connectivity index (χ2n) is 2.43. The molecule has 4 heteroatoms. The minimum absolute atomic E-state index is 0.347. The molecule has 0 amide bonds. The van der Waals surface area contributed by atoms with E-state index < -0.39 is 18.5 Å². The Morgan fingerprint density at radius 1 is 1.30 bits per heavy atom. The molecule has 4 atom stereocenters. The predicted octanol–water partition coefficient (Wildman–Crippen LogP) is -0.901. The molecule has 0 radical (unpaired) electrons. The molecule has 60 valence electrons. The highest BCUT2D eigenvalue weighted by atomic mass is 16.7. The molecule has 0 bridgehead atoms. The molecule has 0 aromatic carbocycles. The van der Waals surface area contributed by atoms with E-state index in [2.05, 4.69) is 0 Å². The maximum atomic E-state index is 9.13. The van der Waals surface area contributed by atoms with Crippen molar-refractivity contribution in [2.75, 3.05) is 7.11 Å². The van der Waals surface area contributed by atoms with Crippen molar-refractivity contribution >= 4 is 0 Å². The SMILES string of the molecule is COC1O[C@@H](C)[C@H](O)[C@@H]1O. The monoisotopic (exact) mass is 148 g/mol. The van der Waals surface area contributed by atoms with E-state index >= 15 is 0 Å². The molecule has 10 heavy (non-hydrogen) atoms. The van der Waals surface area contributed by atoms with E-state index in [1.807, 2.05) is 0 Å². The lowest BCUT2D eigenvalue weighted by Crippen LogP contribution is -2.32. The van der Waals surface area contributed by atoms with Gasteiger partial charge in [0, 0.05) is 7.11 Å². The van der Waals surface area contributed by atoms with Gasteiger partial charge in [-0.25, -0.2) is 0 Å². The fourth-order valence-electron chi connectivity index (χ4n) is 1.01. The third kappa shape index (κ3) is 1.15. The minimum Gasteiger partial charge on any atom is -0.388 e. The van der Waals surface area contributed by atoms with Crippen LogP contribution < -0.4 is 0 Å². The molecule has 1 aliphatic rings. The van der Waals surface area contributed by atoms with Crippen LogP contribution in [-0.2, 0) is 9.47 Å². The van der Waals surface area contributed by atoms with Crippen LogP contribution in [0.2, 0.25) is 0 Å². The van der Waals surface area contributed by atoms with Crippen molar-refractivity contribution in [3.63, 3.8) is 0 Å². The number of hydrogen-bond donors (Lipinski definition) is 2. The Morgan fingerprint density at radius 2 is 1.90 bits per heavy atom. The minimum atomic E-state index is -0.917. The zero-order valence-electron chi connectivity index (χ0n) is 6.02. The lowest BCUT2D eigenvalue weighted by Gasteiger charge is -2.11. The topological polar surface area (TPSA) is 58.9 Å². The zero-order valence-corrected chi connectivity index (χ0v) is 6.02. The van der Waals surface area contributed by atoms with Crippen LogP contribution in [-0.4, -0.2) is 41.9 Å². The molecular formula is C6H12O4. The fourth-order valence-corrected chi connectivity index (χ4v) is 1.01. The van der Waals surface area contributed by atoms with Gasteiger partial charge in [0.1, 0.15) is 12.2 Å². The summed E-state index contributed by atoms with van der Waals surface area (Å²) in [6.07, 6.45) is -2.77. The molecule has 0 spiro atoms. The number of hydrogen-bond acceptors (Lipinski definition) is 4. The summed E-state index contributed by atoms with van der Waals surface area (Å²) in [6, 6.07) is 0. The van der Waals surface area contributed by atoms with Gasteiger partial charge in [0.25, 0.3) is 0 Å². The molecule has 1 unspecified atom stereocenters. The highest BCUT2D eigenvalue weighted by Crippen LogP contribution is 2.20. The average Bonchev–Trinajstić information content (AvgIpc) is 2.17. The van der Waals surface area contributed by atoms with Crippen molar-refractivity contribution < 1.29 is 19.7 Å². The van der Waals surface area contributed by atoms with E-state index in [-0.39, 0.29) is 6.10 Å². The Labute approximate surface area is 59.4 Å². The standard InChI is InChI=1S/C6H12O4/c1-3-4(7)5(8)6(9-2)10-3/h3-8H,1-2H3/t3-,4-,5-,6?/m0/s1. The van der Waals surface area contributed by atoms with E-state index in [9.17, 15) is 0 Å². The van der Waals surface area contributed by atoms with Gasteiger partial charge in [0.05, 0.1) is 6.10 Å². The Hall–Kier alpha value is -0.160. The number of ether oxygens (including phenoxy) is 2. The Morgan fingerprint density at radius 3 is 2.10 bits per heavy atom. The normalized spacial score (nSPS) is 48.0. The number of aliphatic hydroxyl groups excluding tert-OH is 2. The van der Waals surface area contributed by atoms with Crippen LogP contribution in [0.1, 0.15) is 6.92 Å². The first kappa shape index (κ1) is 7.94. The van der Waals surface area contributed by atoms with E-state index in [0.29, 0.717) is 0 Å². The maximum absolute atomic E-state index is 9.13. The molecule has 1 saturated heterocycles. The summed E-state index contributed by atoms with van der Waals surface area (Å²) in [5.74, 6) is 0. The van der Waals surface area contributed by atoms with Gasteiger partial charge in [-0.05, 0) is 6.92 Å². The zero-order chi connectivity index (χ0) is 7.72. The summed E-state index contributed by atoms with van der Waals surface area (Å²) in [5.41, 5.74) is 0. The van der Waals surface area contributed by atoms with Gasteiger partial charge in [-0.15, -0.1) is 0 Å². The second kappa shape index (κ2) is 2.84. The summed E-state index contributed by atoms with van der Waals surface area (Å²) < 4.78 is 9.74. The molecule has 2 N–H and O–H groups in total. The van der Waals surface area contributed by atoms with Gasteiger partial charge in [-0.2, -0.15) is 0 Å². The molecule has 1 fully saturated rings. The van der Waals surface area contributed by atoms with Crippen LogP contribution in [0.4, 0.5) is 0 Å². The van der Waals surface area contributed by atoms with Crippen LogP contribution in [0.25, 0.3) is 0 Å². The van der Waals surface area contributed by atoms with Crippen molar-refractivity contribution in [2.45, 2.75) is 31.5 Å². The van der Waals surface area contributed by atoms with Crippen LogP contribution in [0.5, 0.6) is 0 Å². The molecule has 4 nitrogen and oxygen atoms in total. The van der Waals surface area contributed by atoms with E-state index in [1.54, 1.807) is 6.92 Å². The first-order chi connectivity index (χ1) is 4.66. The number of aliphatic hydroxyl groups is 2. The quantitative estimate of drug-likeness (QED) is 0.506. The molecule has 0 aromatic heterocycles. The lowest BCUT2D eigenvalue weighted by molar-refractivity contribution is -0.146. The lowest BCUT2D eigenvalue weighted by atomic mass is 10.2. The van der Waals surface area contributed by atoms with Gasteiger partial charge in [0.15, 0.2) is 6.29 Å². The third-order valence-electron chi connectivity index (χ3n) is 1.69. The molecule has 0 aromatic rings. The van der Waals surface area contributed by atoms with Gasteiger partial charge >= 0.3 is 0 Å². The van der Waals surface area contributed by atoms with Crippen molar-refractivity contribution in [2.24, 2.45) is 0 Å². The fraction of sp³-hybridized carbons (Fsp3) is 1.00. The van der Waals surface area contributed by atoms with Crippen LogP contribution in [0.15, 0.2) is 0 Å². The predicted molar refractivity (Wildman–Crippen MR) is 33.4 cm³/mol. The summed E-state index contributed by atoms with van der Waals surface area (Å²) >= 11 is 0. The largest absolute Gasteiger partial charge is 0.388 e. The van der Waals surface area contributed by atoms with Crippen molar-refractivity contribution in [1.82, 2.24) is 0 Å². The van der Waals surface area contributed by atoms with E-state index in [1.165, 1.54) is 7.11 Å². The van der Waals surface area contributed by atoms with Gasteiger partial charge in [0.2, 0.25) is 0 Å². The Kier molecular flexibility index (Phi) is 2.25. The first-order valence-electron chi connectivity index (χ1n) is 3.21. The highest BCUT2D eigenvalue weighted by Gasteiger charge is 2.40. The van der Waals surface area contributed by atoms with Crippen LogP contribution in [0, 0.1) is 0 Å². The molecular weight excluding hydrogens is 136 g/mol. The van der Waals surface area contributed by atoms with Crippen LogP contribution >= 0.6 is 0 Å². The van der Waals surface area contributed by atoms with Crippen molar-refractivity contribution in [1.29, 1.82) is 0 Å². The Bertz CT molecular complexity index is 116. The molecule has 0 saturated carbocycles. The summed E-state index contributed by atoms with van der Waals surface area (Å²) in [4.78, 5) is 0. The van der Waals surface area contributed by atoms with Gasteiger partial charge in [-0.1, -0.05) is 0 Å². The van der Waals surface area contributed by atoms with E-state index in [0.717, 1.165) is 0 Å². The highest BCUT2D eigenvalue weighted by molar-refractivity contribution is 4.83.